The van der Waals surface area contributed by atoms with Crippen molar-refractivity contribution in [3.05, 3.63) is 22.2 Å². The van der Waals surface area contributed by atoms with Gasteiger partial charge in [0.25, 0.3) is 0 Å². The van der Waals surface area contributed by atoms with Crippen LogP contribution >= 0.6 is 15.9 Å². The third kappa shape index (κ3) is 2.73. The van der Waals surface area contributed by atoms with Gasteiger partial charge in [-0.05, 0) is 37.1 Å². The van der Waals surface area contributed by atoms with Gasteiger partial charge in [-0.3, -0.25) is 4.90 Å². The lowest BCUT2D eigenvalue weighted by Crippen LogP contribution is -2.31. The van der Waals surface area contributed by atoms with Crippen LogP contribution in [0.15, 0.2) is 16.6 Å². The van der Waals surface area contributed by atoms with Crippen molar-refractivity contribution in [3.8, 4) is 11.5 Å². The Balaban J connectivity index is 1.80. The molecule has 4 nitrogen and oxygen atoms in total. The molecule has 1 fully saturated rings. The predicted molar refractivity (Wildman–Crippen MR) is 75.6 cm³/mol. The molecule has 104 valence electrons. The molecule has 0 unspecified atom stereocenters. The number of ether oxygens (including phenoxy) is 2. The first-order valence-corrected chi connectivity index (χ1v) is 7.50. The molecule has 0 bridgehead atoms. The first-order valence-electron chi connectivity index (χ1n) is 6.71. The molecular formula is C14H18BrNO3. The Hall–Kier alpha value is -0.780. The molecule has 0 radical (unpaired) electrons. The lowest BCUT2D eigenvalue weighted by molar-refractivity contribution is 0.152. The molecule has 2 aliphatic rings. The highest BCUT2D eigenvalue weighted by Crippen LogP contribution is 2.36. The van der Waals surface area contributed by atoms with Crippen LogP contribution in [0.5, 0.6) is 11.5 Å². The first kappa shape index (κ1) is 13.2. The van der Waals surface area contributed by atoms with Crippen LogP contribution in [0.4, 0.5) is 0 Å². The summed E-state index contributed by atoms with van der Waals surface area (Å²) in [6, 6.07) is 4.32. The van der Waals surface area contributed by atoms with Gasteiger partial charge in [-0.25, -0.2) is 0 Å². The van der Waals surface area contributed by atoms with Gasteiger partial charge in [0.15, 0.2) is 11.5 Å². The second-order valence-electron chi connectivity index (χ2n) is 5.04. The number of rotatable bonds is 3. The minimum atomic E-state index is 0.238. The molecule has 1 saturated heterocycles. The summed E-state index contributed by atoms with van der Waals surface area (Å²) in [6.07, 6.45) is 2.24. The fraction of sp³-hybridized carbons (Fsp3) is 0.571. The maximum Gasteiger partial charge on any atom is 0.162 e. The van der Waals surface area contributed by atoms with Crippen molar-refractivity contribution in [2.24, 2.45) is 0 Å². The smallest absolute Gasteiger partial charge is 0.162 e. The minimum absolute atomic E-state index is 0.238. The van der Waals surface area contributed by atoms with Crippen molar-refractivity contribution in [2.45, 2.75) is 25.4 Å². The van der Waals surface area contributed by atoms with Gasteiger partial charge in [-0.2, -0.15) is 0 Å². The van der Waals surface area contributed by atoms with Crippen LogP contribution < -0.4 is 9.47 Å². The quantitative estimate of drug-likeness (QED) is 0.924. The molecular weight excluding hydrogens is 310 g/mol. The highest BCUT2D eigenvalue weighted by Gasteiger charge is 2.25. The van der Waals surface area contributed by atoms with Crippen molar-refractivity contribution >= 4 is 15.9 Å². The zero-order valence-electron chi connectivity index (χ0n) is 10.8. The fourth-order valence-electron chi connectivity index (χ4n) is 2.76. The van der Waals surface area contributed by atoms with Gasteiger partial charge in [0.05, 0.1) is 6.61 Å². The van der Waals surface area contributed by atoms with E-state index in [2.05, 4.69) is 20.8 Å². The molecule has 19 heavy (non-hydrogen) atoms. The molecule has 0 spiro atoms. The zero-order valence-corrected chi connectivity index (χ0v) is 12.4. The van der Waals surface area contributed by atoms with E-state index in [-0.39, 0.29) is 6.61 Å². The molecule has 1 N–H and O–H groups in total. The Labute approximate surface area is 121 Å². The summed E-state index contributed by atoms with van der Waals surface area (Å²) < 4.78 is 12.2. The van der Waals surface area contributed by atoms with Gasteiger partial charge in [0.2, 0.25) is 0 Å². The van der Waals surface area contributed by atoms with E-state index in [1.54, 1.807) is 0 Å². The monoisotopic (exact) mass is 327 g/mol. The third-order valence-electron chi connectivity index (χ3n) is 3.79. The molecule has 2 aliphatic heterocycles. The maximum atomic E-state index is 9.38. The summed E-state index contributed by atoms with van der Waals surface area (Å²) in [5.74, 6) is 1.63. The lowest BCUT2D eigenvalue weighted by Gasteiger charge is -2.25. The molecule has 1 atom stereocenters. The number of nitrogens with zero attached hydrogens (tertiary/aromatic N) is 1. The van der Waals surface area contributed by atoms with E-state index in [0.717, 1.165) is 41.9 Å². The predicted octanol–water partition coefficient (Wildman–Crippen LogP) is 2.18. The molecule has 1 aromatic carbocycles. The minimum Gasteiger partial charge on any atom is -0.486 e. The molecule has 0 aliphatic carbocycles. The number of hydrogen-bond acceptors (Lipinski definition) is 4. The molecule has 1 aromatic rings. The van der Waals surface area contributed by atoms with Gasteiger partial charge in [0.1, 0.15) is 13.2 Å². The third-order valence-corrected chi connectivity index (χ3v) is 4.53. The van der Waals surface area contributed by atoms with Crippen LogP contribution in [0.3, 0.4) is 0 Å². The van der Waals surface area contributed by atoms with E-state index in [0.29, 0.717) is 19.3 Å². The van der Waals surface area contributed by atoms with Crippen molar-refractivity contribution in [3.63, 3.8) is 0 Å². The number of hydrogen-bond donors (Lipinski definition) is 1. The average Bonchev–Trinajstić information content (AvgIpc) is 2.87. The van der Waals surface area contributed by atoms with Crippen molar-refractivity contribution < 1.29 is 14.6 Å². The Morgan fingerprint density at radius 3 is 2.74 bits per heavy atom. The highest BCUT2D eigenvalue weighted by atomic mass is 79.9. The summed E-state index contributed by atoms with van der Waals surface area (Å²) in [6.45, 7) is 3.34. The number of aliphatic hydroxyl groups is 1. The zero-order chi connectivity index (χ0) is 13.2. The van der Waals surface area contributed by atoms with E-state index >= 15 is 0 Å². The summed E-state index contributed by atoms with van der Waals surface area (Å²) >= 11 is 3.60. The molecule has 3 rings (SSSR count). The van der Waals surface area contributed by atoms with Crippen LogP contribution in [-0.4, -0.2) is 42.4 Å². The van der Waals surface area contributed by atoms with Gasteiger partial charge in [0, 0.05) is 17.1 Å². The topological polar surface area (TPSA) is 41.9 Å². The summed E-state index contributed by atoms with van der Waals surface area (Å²) in [5, 5.41) is 9.38. The fourth-order valence-corrected chi connectivity index (χ4v) is 3.20. The van der Waals surface area contributed by atoms with E-state index in [1.165, 1.54) is 5.56 Å². The summed E-state index contributed by atoms with van der Waals surface area (Å²) in [4.78, 5) is 2.33. The number of benzene rings is 1. The molecule has 0 saturated carbocycles. The van der Waals surface area contributed by atoms with E-state index in [9.17, 15) is 5.11 Å². The van der Waals surface area contributed by atoms with Crippen molar-refractivity contribution in [1.82, 2.24) is 4.90 Å². The number of aliphatic hydroxyl groups excluding tert-OH is 1. The lowest BCUT2D eigenvalue weighted by atomic mass is 10.1. The number of likely N-dealkylation sites (tertiary alicyclic amines) is 1. The van der Waals surface area contributed by atoms with Gasteiger partial charge >= 0.3 is 0 Å². The van der Waals surface area contributed by atoms with E-state index in [4.69, 9.17) is 9.47 Å². The van der Waals surface area contributed by atoms with Crippen LogP contribution in [0, 0.1) is 0 Å². The Morgan fingerprint density at radius 2 is 2.00 bits per heavy atom. The molecule has 5 heteroatoms. The van der Waals surface area contributed by atoms with Crippen LogP contribution in [0.2, 0.25) is 0 Å². The van der Waals surface area contributed by atoms with E-state index in [1.807, 2.05) is 12.1 Å². The average molecular weight is 328 g/mol. The number of halogens is 1. The van der Waals surface area contributed by atoms with Crippen LogP contribution in [0.1, 0.15) is 18.4 Å². The largest absolute Gasteiger partial charge is 0.486 e. The maximum absolute atomic E-state index is 9.38. The second-order valence-corrected chi connectivity index (χ2v) is 5.89. The molecule has 2 heterocycles. The summed E-state index contributed by atoms with van der Waals surface area (Å²) in [7, 11) is 0. The summed E-state index contributed by atoms with van der Waals surface area (Å²) in [5.41, 5.74) is 1.18. The van der Waals surface area contributed by atoms with Gasteiger partial charge in [-0.15, -0.1) is 0 Å². The number of fused-ring (bicyclic) bond motifs is 1. The van der Waals surface area contributed by atoms with E-state index < -0.39 is 0 Å². The van der Waals surface area contributed by atoms with Crippen LogP contribution in [0.25, 0.3) is 0 Å². The Kier molecular flexibility index (Phi) is 3.96. The standard InChI is InChI=1S/C14H18BrNO3/c15-12-7-14-13(18-4-5-19-14)6-10(12)8-16-3-1-2-11(16)9-17/h6-7,11,17H,1-5,8-9H2/t11-/m0/s1. The molecule has 0 aromatic heterocycles. The molecule has 0 amide bonds. The van der Waals surface area contributed by atoms with Crippen molar-refractivity contribution in [2.75, 3.05) is 26.4 Å². The first-order chi connectivity index (χ1) is 9.28. The normalized spacial score (nSPS) is 22.7. The second kappa shape index (κ2) is 5.69. The van der Waals surface area contributed by atoms with Gasteiger partial charge in [-0.1, -0.05) is 15.9 Å². The SMILES string of the molecule is OC[C@@H]1CCCN1Cc1cc2c(cc1Br)OCCO2. The Bertz CT molecular complexity index is 466. The highest BCUT2D eigenvalue weighted by molar-refractivity contribution is 9.10. The van der Waals surface area contributed by atoms with Crippen molar-refractivity contribution in [1.29, 1.82) is 0 Å². The van der Waals surface area contributed by atoms with Gasteiger partial charge < -0.3 is 14.6 Å². The van der Waals surface area contributed by atoms with Crippen LogP contribution in [-0.2, 0) is 6.54 Å². The Morgan fingerprint density at radius 1 is 1.26 bits per heavy atom.